The molecule has 7 aromatic carbocycles. The van der Waals surface area contributed by atoms with Crippen molar-refractivity contribution in [2.24, 2.45) is 0 Å². The number of para-hydroxylation sites is 3. The third-order valence-corrected chi connectivity index (χ3v) is 9.45. The second-order valence-electron chi connectivity index (χ2n) is 11.6. The van der Waals surface area contributed by atoms with E-state index >= 15 is 0 Å². The zero-order chi connectivity index (χ0) is 29.9. The Morgan fingerprint density at radius 3 is 1.36 bits per heavy atom. The van der Waals surface area contributed by atoms with Crippen LogP contribution in [-0.4, -0.2) is 9.13 Å². The Bertz CT molecular complexity index is 2540. The number of fused-ring (bicyclic) bond motifs is 6. The molecule has 0 N–H and O–H groups in total. The monoisotopic (exact) mass is 638 g/mol. The van der Waals surface area contributed by atoms with Crippen molar-refractivity contribution >= 4 is 59.5 Å². The molecule has 0 fully saturated rings. The second kappa shape index (κ2) is 10.4. The predicted octanol–water partition coefficient (Wildman–Crippen LogP) is 12.0. The molecule has 9 rings (SSSR count). The molecule has 2 nitrogen and oxygen atoms in total. The summed E-state index contributed by atoms with van der Waals surface area (Å²) >= 11 is 3.72. The number of aromatic nitrogens is 2. The second-order valence-corrected chi connectivity index (χ2v) is 12.5. The molecule has 0 spiro atoms. The van der Waals surface area contributed by atoms with Gasteiger partial charge in [0, 0.05) is 37.4 Å². The number of nitrogens with zero attached hydrogens (tertiary/aromatic N) is 2. The van der Waals surface area contributed by atoms with E-state index in [-0.39, 0.29) is 0 Å². The van der Waals surface area contributed by atoms with Gasteiger partial charge in [0.1, 0.15) is 0 Å². The molecule has 0 amide bonds. The molecule has 0 unspecified atom stereocenters. The Kier molecular flexibility index (Phi) is 6.00. The molecule has 0 aliphatic heterocycles. The fourth-order valence-corrected chi connectivity index (χ4v) is 7.28. The van der Waals surface area contributed by atoms with Crippen LogP contribution in [0.3, 0.4) is 0 Å². The minimum atomic E-state index is 1.08. The highest BCUT2D eigenvalue weighted by Crippen LogP contribution is 2.38. The van der Waals surface area contributed by atoms with E-state index in [1.807, 2.05) is 0 Å². The Morgan fingerprint density at radius 1 is 0.311 bits per heavy atom. The third-order valence-electron chi connectivity index (χ3n) is 8.96. The van der Waals surface area contributed by atoms with Gasteiger partial charge in [-0.2, -0.15) is 0 Å². The summed E-state index contributed by atoms with van der Waals surface area (Å²) in [6.07, 6.45) is 0. The van der Waals surface area contributed by atoms with Crippen molar-refractivity contribution in [2.45, 2.75) is 0 Å². The van der Waals surface area contributed by atoms with Gasteiger partial charge in [0.25, 0.3) is 0 Å². The number of rotatable bonds is 4. The number of halogens is 1. The highest BCUT2D eigenvalue weighted by Gasteiger charge is 2.15. The minimum Gasteiger partial charge on any atom is -0.309 e. The lowest BCUT2D eigenvalue weighted by Crippen LogP contribution is -1.93. The van der Waals surface area contributed by atoms with E-state index < -0.39 is 0 Å². The van der Waals surface area contributed by atoms with Crippen molar-refractivity contribution in [3.63, 3.8) is 0 Å². The zero-order valence-electron chi connectivity index (χ0n) is 24.4. The van der Waals surface area contributed by atoms with E-state index in [1.54, 1.807) is 0 Å². The Balaban J connectivity index is 1.19. The van der Waals surface area contributed by atoms with E-state index in [4.69, 9.17) is 0 Å². The normalized spacial score (nSPS) is 11.7. The molecular weight excluding hydrogens is 612 g/mol. The highest BCUT2D eigenvalue weighted by atomic mass is 79.9. The molecule has 0 aliphatic rings. The van der Waals surface area contributed by atoms with Gasteiger partial charge in [-0.3, -0.25) is 0 Å². The molecule has 45 heavy (non-hydrogen) atoms. The molecule has 0 aliphatic carbocycles. The van der Waals surface area contributed by atoms with Crippen molar-refractivity contribution in [2.75, 3.05) is 0 Å². The molecule has 9 aromatic rings. The van der Waals surface area contributed by atoms with E-state index in [0.717, 1.165) is 4.47 Å². The van der Waals surface area contributed by atoms with Gasteiger partial charge in [-0.05, 0) is 101 Å². The first kappa shape index (κ1) is 26.1. The van der Waals surface area contributed by atoms with Gasteiger partial charge in [0.05, 0.1) is 22.1 Å². The maximum Gasteiger partial charge on any atom is 0.0541 e. The summed E-state index contributed by atoms with van der Waals surface area (Å²) in [4.78, 5) is 0. The van der Waals surface area contributed by atoms with E-state index in [1.165, 1.54) is 77.2 Å². The lowest BCUT2D eigenvalue weighted by Gasteiger charge is -2.10. The van der Waals surface area contributed by atoms with Crippen molar-refractivity contribution in [3.8, 4) is 33.6 Å². The predicted molar refractivity (Wildman–Crippen MR) is 194 cm³/mol. The van der Waals surface area contributed by atoms with Crippen LogP contribution in [0.5, 0.6) is 0 Å². The summed E-state index contributed by atoms with van der Waals surface area (Å²) < 4.78 is 5.81. The van der Waals surface area contributed by atoms with Gasteiger partial charge in [0.15, 0.2) is 0 Å². The molecule has 0 radical (unpaired) electrons. The average molecular weight is 640 g/mol. The summed E-state index contributed by atoms with van der Waals surface area (Å²) in [6.45, 7) is 0. The Hall–Kier alpha value is -5.38. The fourth-order valence-electron chi connectivity index (χ4n) is 6.92. The smallest absolute Gasteiger partial charge is 0.0541 e. The Morgan fingerprint density at radius 2 is 0.756 bits per heavy atom. The highest BCUT2D eigenvalue weighted by molar-refractivity contribution is 9.10. The van der Waals surface area contributed by atoms with Crippen LogP contribution in [0.25, 0.3) is 77.2 Å². The number of benzene rings is 7. The lowest BCUT2D eigenvalue weighted by molar-refractivity contribution is 1.18. The molecule has 0 saturated heterocycles. The van der Waals surface area contributed by atoms with Gasteiger partial charge in [-0.25, -0.2) is 0 Å². The van der Waals surface area contributed by atoms with Crippen LogP contribution in [0.15, 0.2) is 168 Å². The lowest BCUT2D eigenvalue weighted by atomic mass is 9.97. The molecule has 0 atom stereocenters. The molecule has 0 bridgehead atoms. The van der Waals surface area contributed by atoms with Gasteiger partial charge in [-0.15, -0.1) is 0 Å². The van der Waals surface area contributed by atoms with Crippen LogP contribution in [0.4, 0.5) is 0 Å². The standard InChI is InChI=1S/C42H27BrN2/c43-32-20-23-42-38(27-32)37-26-31(19-22-41(37)45(42)34-14-5-2-6-15-34)29-11-9-10-28(24-29)30-18-21-40-36(25-30)35-16-7-8-17-39(35)44(40)33-12-3-1-4-13-33/h1-27H. The van der Waals surface area contributed by atoms with E-state index in [0.29, 0.717) is 0 Å². The van der Waals surface area contributed by atoms with Gasteiger partial charge in [0.2, 0.25) is 0 Å². The van der Waals surface area contributed by atoms with Crippen LogP contribution >= 0.6 is 15.9 Å². The van der Waals surface area contributed by atoms with E-state index in [2.05, 4.69) is 189 Å². The van der Waals surface area contributed by atoms with Crippen molar-refractivity contribution in [3.05, 3.63) is 168 Å². The van der Waals surface area contributed by atoms with Gasteiger partial charge in [-0.1, -0.05) is 101 Å². The van der Waals surface area contributed by atoms with Gasteiger partial charge < -0.3 is 9.13 Å². The van der Waals surface area contributed by atoms with Crippen LogP contribution in [-0.2, 0) is 0 Å². The topological polar surface area (TPSA) is 9.86 Å². The largest absolute Gasteiger partial charge is 0.309 e. The van der Waals surface area contributed by atoms with Crippen molar-refractivity contribution in [1.82, 2.24) is 9.13 Å². The maximum absolute atomic E-state index is 3.72. The van der Waals surface area contributed by atoms with Crippen LogP contribution in [0.1, 0.15) is 0 Å². The SMILES string of the molecule is Brc1ccc2c(c1)c1cc(-c3cccc(-c4ccc5c(c4)c4ccccc4n5-c4ccccc4)c3)ccc1n2-c1ccccc1. The van der Waals surface area contributed by atoms with Crippen LogP contribution in [0.2, 0.25) is 0 Å². The summed E-state index contributed by atoms with van der Waals surface area (Å²) in [5, 5.41) is 5.01. The Labute approximate surface area is 269 Å². The molecular formula is C42H27BrN2. The number of hydrogen-bond donors (Lipinski definition) is 0. The average Bonchev–Trinajstić information content (AvgIpc) is 3.61. The quantitative estimate of drug-likeness (QED) is 0.181. The maximum atomic E-state index is 3.72. The van der Waals surface area contributed by atoms with Crippen molar-refractivity contribution in [1.29, 1.82) is 0 Å². The third kappa shape index (κ3) is 4.23. The first-order valence-corrected chi connectivity index (χ1v) is 16.0. The molecule has 212 valence electrons. The molecule has 0 saturated carbocycles. The summed E-state index contributed by atoms with van der Waals surface area (Å²) in [5.41, 5.74) is 12.0. The van der Waals surface area contributed by atoms with Crippen LogP contribution in [0, 0.1) is 0 Å². The first-order valence-electron chi connectivity index (χ1n) is 15.2. The summed E-state index contributed by atoms with van der Waals surface area (Å²) in [7, 11) is 0. The summed E-state index contributed by atoms with van der Waals surface area (Å²) in [5.74, 6) is 0. The van der Waals surface area contributed by atoms with E-state index in [9.17, 15) is 0 Å². The zero-order valence-corrected chi connectivity index (χ0v) is 25.9. The molecule has 2 aromatic heterocycles. The minimum absolute atomic E-state index is 1.08. The molecule has 3 heteroatoms. The van der Waals surface area contributed by atoms with Crippen LogP contribution < -0.4 is 0 Å². The number of hydrogen-bond acceptors (Lipinski definition) is 0. The fraction of sp³-hybridized carbons (Fsp3) is 0. The summed E-state index contributed by atoms with van der Waals surface area (Å²) in [6, 6.07) is 59.2. The molecule has 2 heterocycles. The first-order chi connectivity index (χ1) is 22.2. The van der Waals surface area contributed by atoms with Gasteiger partial charge >= 0.3 is 0 Å². The van der Waals surface area contributed by atoms with Crippen molar-refractivity contribution < 1.29 is 0 Å².